The number of hydrogen-bond acceptors (Lipinski definition) is 4. The molecule has 4 heteroatoms. The topological polar surface area (TPSA) is 42.3 Å². The van der Waals surface area contributed by atoms with Crippen molar-refractivity contribution in [2.45, 2.75) is 69.5 Å². The van der Waals surface area contributed by atoms with Crippen LogP contribution in [0.15, 0.2) is 0 Å². The van der Waals surface area contributed by atoms with Crippen molar-refractivity contribution < 1.29 is 0 Å². The second-order valence-corrected chi connectivity index (χ2v) is 7.36. The smallest absolute Gasteiger partial charge is 0.104 e. The predicted octanol–water partition coefficient (Wildman–Crippen LogP) is 2.22. The highest BCUT2D eigenvalue weighted by atomic mass is 15.2. The molecule has 0 aromatic heterocycles. The van der Waals surface area contributed by atoms with Crippen LogP contribution in [0.3, 0.4) is 0 Å². The van der Waals surface area contributed by atoms with E-state index in [1.54, 1.807) is 0 Å². The quantitative estimate of drug-likeness (QED) is 0.697. The van der Waals surface area contributed by atoms with Crippen LogP contribution in [0.2, 0.25) is 0 Å². The number of hydrogen-bond donors (Lipinski definition) is 1. The summed E-state index contributed by atoms with van der Waals surface area (Å²) in [5.74, 6) is 0. The zero-order valence-electron chi connectivity index (χ0n) is 14.1. The summed E-state index contributed by atoms with van der Waals surface area (Å²) in [4.78, 5) is 4.96. The minimum atomic E-state index is -0.306. The van der Waals surface area contributed by atoms with Gasteiger partial charge in [0.05, 0.1) is 6.07 Å². The molecule has 0 bridgehead atoms. The van der Waals surface area contributed by atoms with Gasteiger partial charge in [0.25, 0.3) is 0 Å². The molecule has 1 saturated heterocycles. The number of rotatable bonds is 8. The van der Waals surface area contributed by atoms with E-state index in [4.69, 9.17) is 0 Å². The van der Waals surface area contributed by atoms with Gasteiger partial charge < -0.3 is 9.80 Å². The van der Waals surface area contributed by atoms with Crippen molar-refractivity contribution in [1.29, 1.82) is 5.26 Å². The minimum absolute atomic E-state index is 0.306. The van der Waals surface area contributed by atoms with Crippen molar-refractivity contribution in [2.75, 3.05) is 33.7 Å². The Hall–Kier alpha value is -0.630. The van der Waals surface area contributed by atoms with Gasteiger partial charge in [-0.2, -0.15) is 5.26 Å². The molecule has 1 aliphatic carbocycles. The number of nitrogens with zero attached hydrogens (tertiary/aromatic N) is 3. The number of likely N-dealkylation sites (tertiary alicyclic amines) is 1. The fourth-order valence-corrected chi connectivity index (χ4v) is 3.31. The average molecular weight is 292 g/mol. The molecule has 120 valence electrons. The molecular formula is C17H32N4. The summed E-state index contributed by atoms with van der Waals surface area (Å²) in [6, 6.07) is 3.86. The van der Waals surface area contributed by atoms with Crippen LogP contribution in [0.5, 0.6) is 0 Å². The van der Waals surface area contributed by atoms with E-state index >= 15 is 0 Å². The molecule has 0 radical (unpaired) electrons. The van der Waals surface area contributed by atoms with Crippen molar-refractivity contribution in [3.63, 3.8) is 0 Å². The van der Waals surface area contributed by atoms with Crippen LogP contribution in [0.1, 0.15) is 51.9 Å². The maximum absolute atomic E-state index is 9.36. The highest BCUT2D eigenvalue weighted by Gasteiger charge is 2.32. The molecule has 1 heterocycles. The molecule has 1 saturated carbocycles. The molecule has 1 unspecified atom stereocenters. The van der Waals surface area contributed by atoms with Crippen LogP contribution in [0, 0.1) is 11.3 Å². The zero-order chi connectivity index (χ0) is 15.3. The lowest BCUT2D eigenvalue weighted by atomic mass is 9.96. The van der Waals surface area contributed by atoms with Crippen LogP contribution in [0.25, 0.3) is 0 Å². The third-order valence-corrected chi connectivity index (χ3v) is 5.04. The Kier molecular flexibility index (Phi) is 6.04. The average Bonchev–Trinajstić information content (AvgIpc) is 3.28. The summed E-state index contributed by atoms with van der Waals surface area (Å²) in [5, 5.41) is 12.9. The first kappa shape index (κ1) is 16.7. The van der Waals surface area contributed by atoms with E-state index in [-0.39, 0.29) is 5.54 Å². The molecule has 4 nitrogen and oxygen atoms in total. The van der Waals surface area contributed by atoms with Crippen LogP contribution in [-0.4, -0.2) is 61.2 Å². The Morgan fingerprint density at radius 3 is 2.38 bits per heavy atom. The van der Waals surface area contributed by atoms with E-state index in [1.165, 1.54) is 51.7 Å². The van der Waals surface area contributed by atoms with Crippen molar-refractivity contribution in [1.82, 2.24) is 15.1 Å². The van der Waals surface area contributed by atoms with Crippen LogP contribution in [0.4, 0.5) is 0 Å². The lowest BCUT2D eigenvalue weighted by Crippen LogP contribution is -2.43. The first-order valence-electron chi connectivity index (χ1n) is 8.60. The van der Waals surface area contributed by atoms with Gasteiger partial charge >= 0.3 is 0 Å². The number of nitrogens with one attached hydrogen (secondary N) is 1. The highest BCUT2D eigenvalue weighted by molar-refractivity contribution is 5.06. The van der Waals surface area contributed by atoms with Crippen molar-refractivity contribution in [3.8, 4) is 6.07 Å². The number of piperidine rings is 1. The van der Waals surface area contributed by atoms with Gasteiger partial charge in [0, 0.05) is 12.1 Å². The Morgan fingerprint density at radius 1 is 1.19 bits per heavy atom. The number of unbranched alkanes of at least 4 members (excludes halogenated alkanes) is 1. The molecule has 1 N–H and O–H groups in total. The molecule has 2 fully saturated rings. The molecule has 2 rings (SSSR count). The standard InChI is InChI=1S/C17H32N4/c1-17(14-18,19-15-6-7-15)10-4-5-11-21-12-8-16(9-13-21)20(2)3/h15-16,19H,4-13H2,1-3H3. The molecule has 0 spiro atoms. The Bertz CT molecular complexity index is 350. The second kappa shape index (κ2) is 7.58. The molecule has 0 amide bonds. The summed E-state index contributed by atoms with van der Waals surface area (Å²) >= 11 is 0. The number of nitriles is 1. The lowest BCUT2D eigenvalue weighted by molar-refractivity contribution is 0.142. The van der Waals surface area contributed by atoms with Gasteiger partial charge in [-0.1, -0.05) is 0 Å². The van der Waals surface area contributed by atoms with Gasteiger partial charge in [-0.25, -0.2) is 0 Å². The van der Waals surface area contributed by atoms with Gasteiger partial charge in [0.2, 0.25) is 0 Å². The van der Waals surface area contributed by atoms with E-state index in [2.05, 4.69) is 42.2 Å². The van der Waals surface area contributed by atoms with Crippen molar-refractivity contribution >= 4 is 0 Å². The van der Waals surface area contributed by atoms with E-state index < -0.39 is 0 Å². The van der Waals surface area contributed by atoms with Gasteiger partial charge in [-0.15, -0.1) is 0 Å². The van der Waals surface area contributed by atoms with Crippen molar-refractivity contribution in [2.24, 2.45) is 0 Å². The van der Waals surface area contributed by atoms with E-state index in [1.807, 2.05) is 0 Å². The van der Waals surface area contributed by atoms with Gasteiger partial charge in [-0.05, 0) is 85.6 Å². The van der Waals surface area contributed by atoms with Crippen LogP contribution >= 0.6 is 0 Å². The van der Waals surface area contributed by atoms with Gasteiger partial charge in [-0.3, -0.25) is 5.32 Å². The SMILES string of the molecule is CN(C)C1CCN(CCCCC(C)(C#N)NC2CC2)CC1. The maximum Gasteiger partial charge on any atom is 0.104 e. The first-order valence-corrected chi connectivity index (χ1v) is 8.60. The van der Waals surface area contributed by atoms with Gasteiger partial charge in [0.1, 0.15) is 5.54 Å². The first-order chi connectivity index (χ1) is 10.0. The summed E-state index contributed by atoms with van der Waals surface area (Å²) in [6.07, 6.45) is 8.44. The fraction of sp³-hybridized carbons (Fsp3) is 0.941. The van der Waals surface area contributed by atoms with E-state index in [0.29, 0.717) is 6.04 Å². The van der Waals surface area contributed by atoms with Gasteiger partial charge in [0.15, 0.2) is 0 Å². The highest BCUT2D eigenvalue weighted by Crippen LogP contribution is 2.25. The molecule has 1 aliphatic heterocycles. The predicted molar refractivity (Wildman–Crippen MR) is 87.2 cm³/mol. The summed E-state index contributed by atoms with van der Waals surface area (Å²) in [7, 11) is 4.38. The molecule has 0 aromatic carbocycles. The van der Waals surface area contributed by atoms with E-state index in [0.717, 1.165) is 18.9 Å². The summed E-state index contributed by atoms with van der Waals surface area (Å²) in [6.45, 7) is 5.73. The fourth-order valence-electron chi connectivity index (χ4n) is 3.31. The largest absolute Gasteiger partial charge is 0.306 e. The molecule has 21 heavy (non-hydrogen) atoms. The minimum Gasteiger partial charge on any atom is -0.306 e. The summed E-state index contributed by atoms with van der Waals surface area (Å²) in [5.41, 5.74) is -0.306. The normalized spacial score (nSPS) is 24.0. The van der Waals surface area contributed by atoms with Crippen molar-refractivity contribution in [3.05, 3.63) is 0 Å². The third-order valence-electron chi connectivity index (χ3n) is 5.04. The molecule has 2 aliphatic rings. The Morgan fingerprint density at radius 2 is 1.86 bits per heavy atom. The Balaban J connectivity index is 1.58. The zero-order valence-corrected chi connectivity index (χ0v) is 14.1. The molecule has 1 atom stereocenters. The third kappa shape index (κ3) is 5.58. The lowest BCUT2D eigenvalue weighted by Gasteiger charge is -2.35. The second-order valence-electron chi connectivity index (χ2n) is 7.36. The monoisotopic (exact) mass is 292 g/mol. The molecule has 0 aromatic rings. The Labute approximate surface area is 130 Å². The van der Waals surface area contributed by atoms with E-state index in [9.17, 15) is 5.26 Å². The van der Waals surface area contributed by atoms with Crippen LogP contribution < -0.4 is 5.32 Å². The maximum atomic E-state index is 9.36. The molecular weight excluding hydrogens is 260 g/mol. The van der Waals surface area contributed by atoms with Crippen LogP contribution in [-0.2, 0) is 0 Å². The summed E-state index contributed by atoms with van der Waals surface area (Å²) < 4.78 is 0.